The van der Waals surface area contributed by atoms with Crippen LogP contribution < -0.4 is 5.32 Å². The summed E-state index contributed by atoms with van der Waals surface area (Å²) >= 11 is 1.65. The third kappa shape index (κ3) is 4.88. The van der Waals surface area contributed by atoms with Crippen LogP contribution in [-0.4, -0.2) is 48.0 Å². The average molecular weight is 326 g/mol. The molecule has 1 fully saturated rings. The second-order valence-electron chi connectivity index (χ2n) is 5.71. The molecule has 0 aromatic heterocycles. The summed E-state index contributed by atoms with van der Waals surface area (Å²) in [6, 6.07) is 6.39. The third-order valence-electron chi connectivity index (χ3n) is 3.97. The zero-order valence-corrected chi connectivity index (χ0v) is 13.6. The van der Waals surface area contributed by atoms with Gasteiger partial charge in [-0.1, -0.05) is 6.92 Å². The third-order valence-corrected chi connectivity index (χ3v) is 5.07. The minimum absolute atomic E-state index is 0.0467. The molecule has 2 N–H and O–H groups in total. The number of hydrogen-bond donors (Lipinski definition) is 2. The van der Waals surface area contributed by atoms with E-state index in [1.165, 1.54) is 12.1 Å². The van der Waals surface area contributed by atoms with Gasteiger partial charge in [0.15, 0.2) is 0 Å². The van der Waals surface area contributed by atoms with Crippen LogP contribution in [0.25, 0.3) is 0 Å². The van der Waals surface area contributed by atoms with Crippen molar-refractivity contribution in [3.05, 3.63) is 30.1 Å². The largest absolute Gasteiger partial charge is 0.396 e. The van der Waals surface area contributed by atoms with E-state index in [0.717, 1.165) is 17.1 Å². The molecule has 0 unspecified atom stereocenters. The Labute approximate surface area is 135 Å². The first-order valence-electron chi connectivity index (χ1n) is 7.62. The van der Waals surface area contributed by atoms with Crippen LogP contribution in [-0.2, 0) is 0 Å². The number of thioether (sulfide) groups is 1. The molecule has 6 heteroatoms. The predicted molar refractivity (Wildman–Crippen MR) is 86.5 cm³/mol. The zero-order chi connectivity index (χ0) is 15.9. The van der Waals surface area contributed by atoms with Crippen LogP contribution in [0.1, 0.15) is 13.3 Å². The maximum Gasteiger partial charge on any atom is 0.317 e. The van der Waals surface area contributed by atoms with Crippen molar-refractivity contribution in [2.24, 2.45) is 11.8 Å². The topological polar surface area (TPSA) is 52.6 Å². The second-order valence-corrected chi connectivity index (χ2v) is 6.88. The van der Waals surface area contributed by atoms with Crippen molar-refractivity contribution in [3.63, 3.8) is 0 Å². The van der Waals surface area contributed by atoms with Crippen LogP contribution in [0.15, 0.2) is 29.2 Å². The summed E-state index contributed by atoms with van der Waals surface area (Å²) in [7, 11) is 0. The highest BCUT2D eigenvalue weighted by Gasteiger charge is 2.31. The highest BCUT2D eigenvalue weighted by molar-refractivity contribution is 7.99. The Kier molecular flexibility index (Phi) is 6.51. The van der Waals surface area contributed by atoms with E-state index in [1.807, 2.05) is 0 Å². The lowest BCUT2D eigenvalue weighted by Crippen LogP contribution is -2.39. The summed E-state index contributed by atoms with van der Waals surface area (Å²) in [5.41, 5.74) is 0. The van der Waals surface area contributed by atoms with Crippen molar-refractivity contribution in [1.29, 1.82) is 0 Å². The van der Waals surface area contributed by atoms with E-state index in [2.05, 4.69) is 12.2 Å². The highest BCUT2D eigenvalue weighted by atomic mass is 32.2. The summed E-state index contributed by atoms with van der Waals surface area (Å²) < 4.78 is 12.8. The van der Waals surface area contributed by atoms with Gasteiger partial charge >= 0.3 is 6.03 Å². The Morgan fingerprint density at radius 2 is 2.14 bits per heavy atom. The van der Waals surface area contributed by atoms with Gasteiger partial charge in [0, 0.05) is 37.1 Å². The maximum atomic E-state index is 12.8. The first kappa shape index (κ1) is 17.1. The summed E-state index contributed by atoms with van der Waals surface area (Å²) in [5.74, 6) is 1.20. The van der Waals surface area contributed by atoms with Gasteiger partial charge in [0.05, 0.1) is 0 Å². The van der Waals surface area contributed by atoms with Gasteiger partial charge in [0.25, 0.3) is 0 Å². The van der Waals surface area contributed by atoms with E-state index in [-0.39, 0.29) is 24.4 Å². The molecule has 1 heterocycles. The number of nitrogens with one attached hydrogen (secondary N) is 1. The van der Waals surface area contributed by atoms with Crippen molar-refractivity contribution in [3.8, 4) is 0 Å². The summed E-state index contributed by atoms with van der Waals surface area (Å²) in [6.07, 6.45) is 0.862. The number of aliphatic hydroxyl groups excluding tert-OH is 1. The van der Waals surface area contributed by atoms with Crippen molar-refractivity contribution in [2.75, 3.05) is 32.0 Å². The predicted octanol–water partition coefficient (Wildman–Crippen LogP) is 2.58. The van der Waals surface area contributed by atoms with E-state index >= 15 is 0 Å². The first-order chi connectivity index (χ1) is 10.6. The van der Waals surface area contributed by atoms with Gasteiger partial charge in [-0.15, -0.1) is 11.8 Å². The lowest BCUT2D eigenvalue weighted by molar-refractivity contribution is 0.195. The quantitative estimate of drug-likeness (QED) is 0.624. The SMILES string of the molecule is C[C@@H]1CN(C(=O)NCCCSc2ccc(F)cc2)C[C@H]1CO. The zero-order valence-electron chi connectivity index (χ0n) is 12.8. The molecule has 0 bridgehead atoms. The van der Waals surface area contributed by atoms with Crippen molar-refractivity contribution in [2.45, 2.75) is 18.2 Å². The van der Waals surface area contributed by atoms with E-state index in [0.29, 0.717) is 25.6 Å². The van der Waals surface area contributed by atoms with E-state index in [9.17, 15) is 14.3 Å². The number of benzene rings is 1. The Hall–Kier alpha value is -1.27. The molecule has 1 aliphatic heterocycles. The number of carbonyl (C=O) groups excluding carboxylic acids is 1. The molecule has 22 heavy (non-hydrogen) atoms. The lowest BCUT2D eigenvalue weighted by Gasteiger charge is -2.17. The smallest absolute Gasteiger partial charge is 0.317 e. The van der Waals surface area contributed by atoms with E-state index in [1.54, 1.807) is 28.8 Å². The molecule has 0 spiro atoms. The fourth-order valence-electron chi connectivity index (χ4n) is 2.54. The van der Waals surface area contributed by atoms with Gasteiger partial charge in [-0.3, -0.25) is 0 Å². The van der Waals surface area contributed by atoms with Crippen LogP contribution in [0.5, 0.6) is 0 Å². The standard InChI is InChI=1S/C16H23FN2O2S/c1-12-9-19(10-13(12)11-20)16(21)18-7-2-8-22-15-5-3-14(17)4-6-15/h3-6,12-13,20H,2,7-11H2,1H3,(H,18,21)/t12-,13+/m1/s1. The van der Waals surface area contributed by atoms with Gasteiger partial charge in [-0.05, 0) is 42.4 Å². The molecule has 0 aliphatic carbocycles. The van der Waals surface area contributed by atoms with Gasteiger partial charge in [0.1, 0.15) is 5.82 Å². The molecule has 4 nitrogen and oxygen atoms in total. The van der Waals surface area contributed by atoms with Crippen LogP contribution in [0, 0.1) is 17.7 Å². The van der Waals surface area contributed by atoms with E-state index in [4.69, 9.17) is 0 Å². The van der Waals surface area contributed by atoms with Gasteiger partial charge < -0.3 is 15.3 Å². The van der Waals surface area contributed by atoms with Crippen LogP contribution in [0.3, 0.4) is 0 Å². The lowest BCUT2D eigenvalue weighted by atomic mass is 10.00. The molecular weight excluding hydrogens is 303 g/mol. The molecule has 2 amide bonds. The molecule has 1 aromatic rings. The number of rotatable bonds is 6. The summed E-state index contributed by atoms with van der Waals surface area (Å²) in [4.78, 5) is 14.8. The molecule has 1 saturated heterocycles. The van der Waals surface area contributed by atoms with Crippen LogP contribution in [0.2, 0.25) is 0 Å². The molecule has 2 atom stereocenters. The fraction of sp³-hybridized carbons (Fsp3) is 0.562. The number of hydrogen-bond acceptors (Lipinski definition) is 3. The highest BCUT2D eigenvalue weighted by Crippen LogP contribution is 2.22. The fourth-order valence-corrected chi connectivity index (χ4v) is 3.39. The Bertz CT molecular complexity index is 484. The average Bonchev–Trinajstić information content (AvgIpc) is 2.90. The number of aliphatic hydroxyl groups is 1. The number of urea groups is 1. The van der Waals surface area contributed by atoms with Crippen molar-refractivity contribution >= 4 is 17.8 Å². The molecular formula is C16H23FN2O2S. The normalized spacial score (nSPS) is 21.1. The summed E-state index contributed by atoms with van der Waals surface area (Å²) in [6.45, 7) is 4.17. The first-order valence-corrected chi connectivity index (χ1v) is 8.60. The number of nitrogens with zero attached hydrogens (tertiary/aromatic N) is 1. The Morgan fingerprint density at radius 3 is 2.77 bits per heavy atom. The van der Waals surface area contributed by atoms with Crippen LogP contribution in [0.4, 0.5) is 9.18 Å². The van der Waals surface area contributed by atoms with Gasteiger partial charge in [0.2, 0.25) is 0 Å². The van der Waals surface area contributed by atoms with Crippen molar-refractivity contribution < 1.29 is 14.3 Å². The Morgan fingerprint density at radius 1 is 1.41 bits per heavy atom. The minimum Gasteiger partial charge on any atom is -0.396 e. The van der Waals surface area contributed by atoms with Crippen LogP contribution >= 0.6 is 11.8 Å². The number of halogens is 1. The summed E-state index contributed by atoms with van der Waals surface area (Å²) in [5, 5.41) is 12.1. The molecule has 0 saturated carbocycles. The molecule has 0 radical (unpaired) electrons. The second kappa shape index (κ2) is 8.39. The van der Waals surface area contributed by atoms with Gasteiger partial charge in [-0.2, -0.15) is 0 Å². The Balaban J connectivity index is 1.60. The van der Waals surface area contributed by atoms with E-state index < -0.39 is 0 Å². The number of amides is 2. The molecule has 1 aromatic carbocycles. The monoisotopic (exact) mass is 326 g/mol. The maximum absolute atomic E-state index is 12.8. The molecule has 1 aliphatic rings. The molecule has 2 rings (SSSR count). The number of likely N-dealkylation sites (tertiary alicyclic amines) is 1. The minimum atomic E-state index is -0.224. The number of carbonyl (C=O) groups is 1. The van der Waals surface area contributed by atoms with Crippen molar-refractivity contribution in [1.82, 2.24) is 10.2 Å². The van der Waals surface area contributed by atoms with Gasteiger partial charge in [-0.25, -0.2) is 9.18 Å². The molecule has 122 valence electrons.